The highest BCUT2D eigenvalue weighted by atomic mass is 127. The Balaban J connectivity index is 2.29. The highest BCUT2D eigenvalue weighted by Gasteiger charge is 2.06. The van der Waals surface area contributed by atoms with E-state index in [4.69, 9.17) is 11.3 Å². The zero-order valence-corrected chi connectivity index (χ0v) is 15.4. The maximum atomic E-state index is 7.46. The lowest BCUT2D eigenvalue weighted by molar-refractivity contribution is 1.21. The topological polar surface area (TPSA) is 99.2 Å². The molecule has 1 atom stereocenters. The first-order valence-electron chi connectivity index (χ1n) is 6.14. The minimum atomic E-state index is 0.475. The van der Waals surface area contributed by atoms with Gasteiger partial charge in [-0.05, 0) is 40.2 Å². The summed E-state index contributed by atoms with van der Waals surface area (Å²) in [5, 5.41) is 17.5. The molecule has 0 radical (unpaired) electrons. The van der Waals surface area contributed by atoms with Crippen LogP contribution >= 0.6 is 41.0 Å². The summed E-state index contributed by atoms with van der Waals surface area (Å²) in [5.41, 5.74) is 2.37. The van der Waals surface area contributed by atoms with E-state index in [0.717, 1.165) is 11.3 Å². The Morgan fingerprint density at radius 2 is 2.27 bits per heavy atom. The van der Waals surface area contributed by atoms with Crippen LogP contribution in [0, 0.1) is 5.41 Å². The van der Waals surface area contributed by atoms with Gasteiger partial charge in [-0.3, -0.25) is 0 Å². The third-order valence-corrected chi connectivity index (χ3v) is 4.14. The Labute approximate surface area is 148 Å². The Morgan fingerprint density at radius 1 is 1.45 bits per heavy atom. The van der Waals surface area contributed by atoms with Gasteiger partial charge in [-0.25, -0.2) is 4.98 Å². The van der Waals surface area contributed by atoms with Gasteiger partial charge in [0.15, 0.2) is 5.84 Å². The third kappa shape index (κ3) is 4.31. The number of pyridine rings is 1. The van der Waals surface area contributed by atoms with Gasteiger partial charge in [0.2, 0.25) is 0 Å². The van der Waals surface area contributed by atoms with Crippen LogP contribution in [0.3, 0.4) is 0 Å². The lowest BCUT2D eigenvalue weighted by atomic mass is 10.2. The average molecular weight is 444 g/mol. The lowest BCUT2D eigenvalue weighted by Gasteiger charge is -2.11. The normalized spacial score (nSPS) is 11.6. The lowest BCUT2D eigenvalue weighted by Crippen LogP contribution is -2.17. The SMILES string of the molecule is N=Cc1cc(S)cnc1Nc1cccc(/C(=N/N)NPI)c1. The second kappa shape index (κ2) is 8.30. The number of hydrogen-bond acceptors (Lipinski definition) is 6. The van der Waals surface area contributed by atoms with Crippen LogP contribution in [0.1, 0.15) is 11.1 Å². The second-order valence-corrected chi connectivity index (χ2v) is 6.75. The molecule has 0 aliphatic carbocycles. The molecule has 0 amide bonds. The fourth-order valence-electron chi connectivity index (χ4n) is 1.79. The van der Waals surface area contributed by atoms with Gasteiger partial charge in [0.05, 0.1) is 0 Å². The molecule has 0 saturated heterocycles. The molecule has 6 nitrogen and oxygen atoms in total. The van der Waals surface area contributed by atoms with Crippen LogP contribution < -0.4 is 16.2 Å². The van der Waals surface area contributed by atoms with Gasteiger partial charge in [-0.2, -0.15) is 5.10 Å². The van der Waals surface area contributed by atoms with Gasteiger partial charge in [0.1, 0.15) is 5.82 Å². The Hall–Kier alpha value is -1.38. The summed E-state index contributed by atoms with van der Waals surface area (Å²) in [6, 6.07) is 9.43. The molecule has 2 aromatic rings. The van der Waals surface area contributed by atoms with Crippen molar-refractivity contribution in [1.29, 1.82) is 5.41 Å². The van der Waals surface area contributed by atoms with Gasteiger partial charge >= 0.3 is 0 Å². The van der Waals surface area contributed by atoms with Crippen molar-refractivity contribution < 1.29 is 0 Å². The van der Waals surface area contributed by atoms with Crippen LogP contribution in [-0.2, 0) is 0 Å². The van der Waals surface area contributed by atoms with E-state index >= 15 is 0 Å². The number of rotatable bonds is 5. The first kappa shape index (κ1) is 17.0. The number of nitrogens with two attached hydrogens (primary N) is 1. The predicted molar refractivity (Wildman–Crippen MR) is 105 cm³/mol. The van der Waals surface area contributed by atoms with E-state index in [1.807, 2.05) is 24.3 Å². The van der Waals surface area contributed by atoms with Crippen LogP contribution in [0.15, 0.2) is 46.5 Å². The molecule has 0 aliphatic rings. The van der Waals surface area contributed by atoms with Crippen molar-refractivity contribution in [3.63, 3.8) is 0 Å². The fourth-order valence-corrected chi connectivity index (χ4v) is 3.05. The van der Waals surface area contributed by atoms with Crippen molar-refractivity contribution in [1.82, 2.24) is 10.1 Å². The first-order valence-corrected chi connectivity index (χ1v) is 10.7. The number of amidine groups is 1. The summed E-state index contributed by atoms with van der Waals surface area (Å²) >= 11 is 6.44. The van der Waals surface area contributed by atoms with E-state index in [1.165, 1.54) is 6.21 Å². The van der Waals surface area contributed by atoms with Gasteiger partial charge in [-0.1, -0.05) is 12.1 Å². The smallest absolute Gasteiger partial charge is 0.156 e. The molecule has 114 valence electrons. The number of aromatic nitrogens is 1. The van der Waals surface area contributed by atoms with Crippen molar-refractivity contribution in [2.45, 2.75) is 4.90 Å². The molecule has 22 heavy (non-hydrogen) atoms. The summed E-state index contributed by atoms with van der Waals surface area (Å²) in [7, 11) is 0. The summed E-state index contributed by atoms with van der Waals surface area (Å²) in [6.07, 6.45) is 3.35. The molecule has 0 saturated carbocycles. The predicted octanol–water partition coefficient (Wildman–Crippen LogP) is 3.26. The average Bonchev–Trinajstić information content (AvgIpc) is 2.54. The molecule has 9 heteroatoms. The molecule has 0 bridgehead atoms. The van der Waals surface area contributed by atoms with Gasteiger partial charge < -0.3 is 21.7 Å². The van der Waals surface area contributed by atoms with Crippen LogP contribution in [0.4, 0.5) is 11.5 Å². The van der Waals surface area contributed by atoms with Crippen molar-refractivity contribution in [2.75, 3.05) is 5.32 Å². The Morgan fingerprint density at radius 3 is 2.95 bits per heavy atom. The molecule has 1 unspecified atom stereocenters. The Kier molecular flexibility index (Phi) is 6.41. The fraction of sp³-hybridized carbons (Fsp3) is 0. The molecule has 1 aromatic carbocycles. The monoisotopic (exact) mass is 444 g/mol. The number of anilines is 2. The maximum Gasteiger partial charge on any atom is 0.156 e. The summed E-state index contributed by atoms with van der Waals surface area (Å²) in [4.78, 5) is 4.98. The van der Waals surface area contributed by atoms with Gasteiger partial charge in [-0.15, -0.1) is 12.6 Å². The number of hydrazone groups is 1. The third-order valence-electron chi connectivity index (χ3n) is 2.75. The molecular weight excluding hydrogens is 430 g/mol. The van der Waals surface area contributed by atoms with Crippen molar-refractivity contribution >= 4 is 64.6 Å². The number of hydrogen-bond donors (Lipinski definition) is 5. The van der Waals surface area contributed by atoms with E-state index in [0.29, 0.717) is 28.5 Å². The largest absolute Gasteiger partial charge is 0.341 e. The van der Waals surface area contributed by atoms with E-state index in [1.54, 1.807) is 12.3 Å². The van der Waals surface area contributed by atoms with E-state index in [-0.39, 0.29) is 0 Å². The number of benzene rings is 1. The number of halogens is 1. The van der Waals surface area contributed by atoms with Gasteiger partial charge in [0, 0.05) is 40.5 Å². The van der Waals surface area contributed by atoms with E-state index in [2.05, 4.69) is 55.2 Å². The van der Waals surface area contributed by atoms with Crippen LogP contribution in [0.2, 0.25) is 0 Å². The second-order valence-electron chi connectivity index (χ2n) is 4.18. The molecule has 1 aromatic heterocycles. The quantitative estimate of drug-likeness (QED) is 0.0930. The summed E-state index contributed by atoms with van der Waals surface area (Å²) in [6.45, 7) is 0. The zero-order valence-electron chi connectivity index (χ0n) is 11.3. The van der Waals surface area contributed by atoms with Crippen LogP contribution in [-0.4, -0.2) is 17.0 Å². The zero-order chi connectivity index (χ0) is 15.9. The molecule has 0 spiro atoms. The number of nitrogens with zero attached hydrogens (tertiary/aromatic N) is 2. The summed E-state index contributed by atoms with van der Waals surface area (Å²) < 4.78 is 0. The van der Waals surface area contributed by atoms with Gasteiger partial charge in [0.25, 0.3) is 0 Å². The van der Waals surface area contributed by atoms with Crippen molar-refractivity contribution in [3.05, 3.63) is 47.7 Å². The molecule has 1 heterocycles. The first-order chi connectivity index (χ1) is 10.7. The highest BCUT2D eigenvalue weighted by Crippen LogP contribution is 2.22. The van der Waals surface area contributed by atoms with E-state index in [9.17, 15) is 0 Å². The van der Waals surface area contributed by atoms with Crippen LogP contribution in [0.5, 0.6) is 0 Å². The molecular formula is C13H14IN6PS. The number of thiol groups is 1. The van der Waals surface area contributed by atoms with E-state index < -0.39 is 0 Å². The van der Waals surface area contributed by atoms with Crippen LogP contribution in [0.25, 0.3) is 0 Å². The minimum absolute atomic E-state index is 0.475. The molecule has 5 N–H and O–H groups in total. The summed E-state index contributed by atoms with van der Waals surface area (Å²) in [5.74, 6) is 6.64. The highest BCUT2D eigenvalue weighted by molar-refractivity contribution is 14.2. The van der Waals surface area contributed by atoms with Crippen molar-refractivity contribution in [2.24, 2.45) is 10.9 Å². The molecule has 0 aliphatic heterocycles. The maximum absolute atomic E-state index is 7.46. The number of nitrogens with one attached hydrogen (secondary N) is 3. The Bertz CT molecular complexity index is 709. The minimum Gasteiger partial charge on any atom is -0.341 e. The standard InChI is InChI=1S/C13H14IN6PS/c14-21-20-13(19-16)8-2-1-3-10(4-8)18-12-9(6-15)5-11(22)7-17-12/h1-7,15,21-22H,16H2,(H,17,18)(H,19,20). The molecule has 2 rings (SSSR count). The molecule has 0 fully saturated rings. The van der Waals surface area contributed by atoms with Crippen molar-refractivity contribution in [3.8, 4) is 0 Å².